The Morgan fingerprint density at radius 2 is 1.35 bits per heavy atom. The van der Waals surface area contributed by atoms with Gasteiger partial charge in [-0.15, -0.1) is 0 Å². The number of halogens is 1. The van der Waals surface area contributed by atoms with E-state index < -0.39 is 36.3 Å². The number of aromatic nitrogens is 5. The van der Waals surface area contributed by atoms with Gasteiger partial charge in [-0.05, 0) is 91.8 Å². The Hall–Kier alpha value is -7.37. The second-order valence-electron chi connectivity index (χ2n) is 19.8. The first kappa shape index (κ1) is 47.3. The Morgan fingerprint density at radius 1 is 0.746 bits per heavy atom. The number of fused-ring (bicyclic) bond motifs is 6. The first-order valence-electron chi connectivity index (χ1n) is 24.6. The molecular formula is C53H60FN9O8. The number of nitrogens with one attached hydrogen (secondary N) is 4. The van der Waals surface area contributed by atoms with Crippen molar-refractivity contribution in [2.75, 3.05) is 33.9 Å². The number of amides is 4. The van der Waals surface area contributed by atoms with E-state index in [9.17, 15) is 19.2 Å². The maximum atomic E-state index is 17.0. The summed E-state index contributed by atoms with van der Waals surface area (Å²) in [6.45, 7) is 11.3. The van der Waals surface area contributed by atoms with Crippen LogP contribution in [-0.4, -0.2) is 104 Å². The number of hydrogen-bond acceptors (Lipinski definition) is 10. The largest absolute Gasteiger partial charge is 0.493 e. The predicted octanol–water partition coefficient (Wildman–Crippen LogP) is 9.14. The molecule has 3 aromatic heterocycles. The molecule has 2 saturated heterocycles. The highest BCUT2D eigenvalue weighted by Crippen LogP contribution is 2.48. The molecule has 4 amide bonds. The number of likely N-dealkylation sites (tertiary alicyclic amines) is 2. The highest BCUT2D eigenvalue weighted by molar-refractivity contribution is 5.93. The standard InChI is InChI=1S/C53H60FN9O8/c1-27(2)45(59-52(66)68-6)49(64)61-17-8-10-39(61)47-55-25-36(57-47)30-13-15-38-33(20-30)22-41-44-35(54)21-32(24-43(44)71-51(63(38)41)31-12-14-34-29(5)16-19-70-42(34)23-31)37-26-56-48(58-37)40-11-9-18-62(40)50(65)46(28(3)4)60-53(67)69-7/h12-15,20-29,39-40,45-46,51H,8-11,16-19H2,1-7H3,(H,55,57)(H,56,58)(H,59,66)(H,60,67)/t29?,39-,40-,45-,46-,51?/m0/s1. The number of aromatic amines is 2. The number of benzene rings is 3. The molecule has 0 bridgehead atoms. The van der Waals surface area contributed by atoms with Crippen molar-refractivity contribution < 1.29 is 42.5 Å². The second kappa shape index (κ2) is 19.1. The summed E-state index contributed by atoms with van der Waals surface area (Å²) in [7, 11) is 2.54. The number of imidazole rings is 2. The lowest BCUT2D eigenvalue weighted by atomic mass is 9.93. The highest BCUT2D eigenvalue weighted by atomic mass is 19.1. The van der Waals surface area contributed by atoms with Crippen LogP contribution >= 0.6 is 0 Å². The minimum absolute atomic E-state index is 0.159. The molecule has 0 radical (unpaired) electrons. The molecule has 0 saturated carbocycles. The van der Waals surface area contributed by atoms with Gasteiger partial charge >= 0.3 is 12.2 Å². The van der Waals surface area contributed by atoms with E-state index >= 15 is 4.39 Å². The minimum atomic E-state index is -0.780. The smallest absolute Gasteiger partial charge is 0.407 e. The van der Waals surface area contributed by atoms with Crippen molar-refractivity contribution in [2.24, 2.45) is 11.8 Å². The Bertz CT molecular complexity index is 3030. The van der Waals surface area contributed by atoms with E-state index in [2.05, 4.69) is 39.7 Å². The van der Waals surface area contributed by atoms with Gasteiger partial charge in [0.05, 0.1) is 73.5 Å². The van der Waals surface area contributed by atoms with E-state index in [1.807, 2.05) is 68.7 Å². The fourth-order valence-corrected chi connectivity index (χ4v) is 10.7. The van der Waals surface area contributed by atoms with E-state index in [0.29, 0.717) is 78.4 Å². The highest BCUT2D eigenvalue weighted by Gasteiger charge is 2.40. The van der Waals surface area contributed by atoms with E-state index in [4.69, 9.17) is 28.9 Å². The zero-order valence-electron chi connectivity index (χ0n) is 41.0. The van der Waals surface area contributed by atoms with Crippen LogP contribution in [-0.2, 0) is 19.1 Å². The minimum Gasteiger partial charge on any atom is -0.493 e. The average molecular weight is 970 g/mol. The molecule has 7 heterocycles. The monoisotopic (exact) mass is 969 g/mol. The summed E-state index contributed by atoms with van der Waals surface area (Å²) in [4.78, 5) is 71.9. The quantitative estimate of drug-likeness (QED) is 0.0972. The number of ether oxygens (including phenoxy) is 4. The molecule has 4 aliphatic rings. The van der Waals surface area contributed by atoms with Crippen LogP contribution in [0.3, 0.4) is 0 Å². The summed E-state index contributed by atoms with van der Waals surface area (Å²) >= 11 is 0. The van der Waals surface area contributed by atoms with Crippen molar-refractivity contribution in [3.05, 3.63) is 95.6 Å². The molecule has 10 rings (SSSR count). The third-order valence-electron chi connectivity index (χ3n) is 14.6. The molecule has 71 heavy (non-hydrogen) atoms. The maximum absolute atomic E-state index is 17.0. The van der Waals surface area contributed by atoms with Crippen molar-refractivity contribution in [2.45, 2.75) is 103 Å². The number of carbonyl (C=O) groups is 4. The van der Waals surface area contributed by atoms with Gasteiger partial charge in [0.2, 0.25) is 18.0 Å². The number of H-pyrrole nitrogens is 2. The fraction of sp³-hybridized carbons (Fsp3) is 0.434. The van der Waals surface area contributed by atoms with E-state index in [-0.39, 0.29) is 35.7 Å². The number of rotatable bonds is 11. The van der Waals surface area contributed by atoms with E-state index in [1.165, 1.54) is 20.3 Å². The number of nitrogens with zero attached hydrogens (tertiary/aromatic N) is 5. The zero-order chi connectivity index (χ0) is 49.8. The topological polar surface area (TPSA) is 198 Å². The average Bonchev–Trinajstić information content (AvgIpc) is 4.23. The van der Waals surface area contributed by atoms with Crippen molar-refractivity contribution >= 4 is 34.9 Å². The molecule has 18 heteroatoms. The van der Waals surface area contributed by atoms with E-state index in [1.54, 1.807) is 22.2 Å². The van der Waals surface area contributed by atoms with Crippen molar-refractivity contribution in [3.8, 4) is 45.3 Å². The SMILES string of the molecule is COC(=O)N[C@H](C(=O)N1CCC[C@H]1c1ncc(-c2cc(F)c3c(c2)OC(c2ccc4c(c2)OCCC4C)n2c-3cc3cc(-c4cnc([C@@H]5CCCN5C(=O)[C@@H](NC(=O)OC)C(C)C)[nH]4)ccc32)[nH]1)C(C)C. The third kappa shape index (κ3) is 8.70. The maximum Gasteiger partial charge on any atom is 0.407 e. The van der Waals surface area contributed by atoms with Gasteiger partial charge in [-0.1, -0.05) is 52.8 Å². The summed E-state index contributed by atoms with van der Waals surface area (Å²) < 4.78 is 41.8. The molecule has 3 aromatic carbocycles. The lowest BCUT2D eigenvalue weighted by Crippen LogP contribution is -2.51. The van der Waals surface area contributed by atoms with Gasteiger partial charge in [-0.3, -0.25) is 9.59 Å². The van der Waals surface area contributed by atoms with Gasteiger partial charge in [0, 0.05) is 35.2 Å². The summed E-state index contributed by atoms with van der Waals surface area (Å²) in [5, 5.41) is 6.25. The lowest BCUT2D eigenvalue weighted by molar-refractivity contribution is -0.136. The molecular weight excluding hydrogens is 910 g/mol. The normalized spacial score (nSPS) is 20.2. The van der Waals surface area contributed by atoms with Crippen molar-refractivity contribution in [3.63, 3.8) is 0 Å². The van der Waals surface area contributed by atoms with Crippen molar-refractivity contribution in [1.82, 2.24) is 44.9 Å². The van der Waals surface area contributed by atoms with Crippen LogP contribution < -0.4 is 20.1 Å². The van der Waals surface area contributed by atoms with Crippen LogP contribution in [0.2, 0.25) is 0 Å². The second-order valence-corrected chi connectivity index (χ2v) is 19.8. The molecule has 4 aliphatic heterocycles. The first-order chi connectivity index (χ1) is 34.2. The van der Waals surface area contributed by atoms with Crippen LogP contribution in [0.15, 0.2) is 67.0 Å². The van der Waals surface area contributed by atoms with Gasteiger partial charge in [0.25, 0.3) is 0 Å². The molecule has 372 valence electrons. The molecule has 6 aromatic rings. The number of hydrogen-bond donors (Lipinski definition) is 4. The molecule has 2 fully saturated rings. The van der Waals surface area contributed by atoms with Gasteiger partial charge < -0.3 is 53.9 Å². The lowest BCUT2D eigenvalue weighted by Gasteiger charge is -2.32. The Kier molecular flexibility index (Phi) is 12.7. The number of methoxy groups -OCH3 is 2. The van der Waals surface area contributed by atoms with Gasteiger partial charge in [-0.25, -0.2) is 23.9 Å². The van der Waals surface area contributed by atoms with Gasteiger partial charge in [0.1, 0.15) is 41.0 Å². The predicted molar refractivity (Wildman–Crippen MR) is 262 cm³/mol. The molecule has 0 aliphatic carbocycles. The summed E-state index contributed by atoms with van der Waals surface area (Å²) in [5.74, 6) is 1.47. The van der Waals surface area contributed by atoms with Crippen molar-refractivity contribution in [1.29, 1.82) is 0 Å². The van der Waals surface area contributed by atoms with Crippen LogP contribution in [0.5, 0.6) is 11.5 Å². The summed E-state index contributed by atoms with van der Waals surface area (Å²) in [6, 6.07) is 15.3. The van der Waals surface area contributed by atoms with E-state index in [0.717, 1.165) is 58.3 Å². The first-order valence-corrected chi connectivity index (χ1v) is 24.6. The Balaban J connectivity index is 0.987. The fourth-order valence-electron chi connectivity index (χ4n) is 10.7. The molecule has 6 atom stereocenters. The van der Waals surface area contributed by atoms with Crippen LogP contribution in [0.25, 0.3) is 44.7 Å². The Labute approximate surface area is 410 Å². The molecule has 0 spiro atoms. The summed E-state index contributed by atoms with van der Waals surface area (Å²) in [5.41, 5.74) is 6.43. The third-order valence-corrected chi connectivity index (χ3v) is 14.6. The number of carbonyl (C=O) groups excluding carboxylic acids is 4. The molecule has 4 N–H and O–H groups in total. The Morgan fingerprint density at radius 3 is 1.94 bits per heavy atom. The van der Waals surface area contributed by atoms with Gasteiger partial charge in [-0.2, -0.15) is 0 Å². The van der Waals surface area contributed by atoms with Crippen LogP contribution in [0.4, 0.5) is 14.0 Å². The van der Waals surface area contributed by atoms with Crippen LogP contribution in [0.1, 0.15) is 114 Å². The zero-order valence-corrected chi connectivity index (χ0v) is 41.0. The number of alkyl carbamates (subject to hydrolysis) is 2. The molecule has 17 nitrogen and oxygen atoms in total. The molecule has 2 unspecified atom stereocenters. The van der Waals surface area contributed by atoms with Gasteiger partial charge in [0.15, 0.2) is 0 Å². The van der Waals surface area contributed by atoms with Crippen LogP contribution in [0, 0.1) is 17.7 Å². The summed E-state index contributed by atoms with van der Waals surface area (Å²) in [6.07, 6.45) is 5.24.